The van der Waals surface area contributed by atoms with Crippen molar-refractivity contribution in [2.75, 3.05) is 0 Å². The lowest BCUT2D eigenvalue weighted by atomic mass is 10.1. The highest BCUT2D eigenvalue weighted by atomic mass is 32.1. The van der Waals surface area contributed by atoms with Crippen LogP contribution in [0.15, 0.2) is 48.5 Å². The zero-order valence-corrected chi connectivity index (χ0v) is 11.6. The molecule has 18 heavy (non-hydrogen) atoms. The first-order valence-corrected chi connectivity index (χ1v) is 7.09. The van der Waals surface area contributed by atoms with Gasteiger partial charge in [0.15, 0.2) is 0 Å². The first kappa shape index (κ1) is 11.5. The minimum absolute atomic E-state index is 1.05. The van der Waals surface area contributed by atoms with E-state index in [0.717, 1.165) is 6.42 Å². The highest BCUT2D eigenvalue weighted by Gasteiger charge is 2.09. The van der Waals surface area contributed by atoms with E-state index < -0.39 is 0 Å². The molecule has 0 fully saturated rings. The van der Waals surface area contributed by atoms with Crippen molar-refractivity contribution in [1.29, 1.82) is 0 Å². The number of fused-ring (bicyclic) bond motifs is 1. The molecule has 0 atom stereocenters. The molecule has 0 spiro atoms. The van der Waals surface area contributed by atoms with E-state index in [1.165, 1.54) is 31.7 Å². The Morgan fingerprint density at radius 3 is 2.39 bits per heavy atom. The van der Waals surface area contributed by atoms with E-state index in [2.05, 4.69) is 62.4 Å². The maximum absolute atomic E-state index is 2.25. The van der Waals surface area contributed by atoms with Gasteiger partial charge in [-0.25, -0.2) is 0 Å². The largest absolute Gasteiger partial charge is 0.139 e. The molecule has 1 aromatic heterocycles. The van der Waals surface area contributed by atoms with E-state index in [1.807, 2.05) is 11.3 Å². The molecular weight excluding hydrogens is 236 g/mol. The lowest BCUT2D eigenvalue weighted by molar-refractivity contribution is 1.22. The fourth-order valence-electron chi connectivity index (χ4n) is 2.38. The van der Waals surface area contributed by atoms with Crippen LogP contribution in [0.2, 0.25) is 0 Å². The minimum Gasteiger partial charge on any atom is -0.139 e. The van der Waals surface area contributed by atoms with Gasteiger partial charge in [-0.05, 0) is 35.9 Å². The summed E-state index contributed by atoms with van der Waals surface area (Å²) in [5.41, 5.74) is 4.23. The van der Waals surface area contributed by atoms with Gasteiger partial charge in [-0.1, -0.05) is 48.5 Å². The van der Waals surface area contributed by atoms with E-state index in [0.29, 0.717) is 0 Å². The van der Waals surface area contributed by atoms with Gasteiger partial charge in [-0.3, -0.25) is 0 Å². The van der Waals surface area contributed by atoms with Crippen molar-refractivity contribution >= 4 is 21.4 Å². The van der Waals surface area contributed by atoms with Crippen LogP contribution in [-0.4, -0.2) is 0 Å². The van der Waals surface area contributed by atoms with Gasteiger partial charge in [0.2, 0.25) is 0 Å². The van der Waals surface area contributed by atoms with Crippen LogP contribution >= 0.6 is 11.3 Å². The van der Waals surface area contributed by atoms with Gasteiger partial charge in [-0.2, -0.15) is 0 Å². The number of benzene rings is 2. The number of aryl methyl sites for hydroxylation is 2. The Morgan fingerprint density at radius 2 is 1.67 bits per heavy atom. The number of hydrogen-bond acceptors (Lipinski definition) is 1. The number of rotatable bonds is 2. The van der Waals surface area contributed by atoms with Gasteiger partial charge in [0.1, 0.15) is 0 Å². The fourth-order valence-corrected chi connectivity index (χ4v) is 3.69. The van der Waals surface area contributed by atoms with Gasteiger partial charge in [-0.15, -0.1) is 11.3 Å². The van der Waals surface area contributed by atoms with Crippen LogP contribution in [0.3, 0.4) is 0 Å². The summed E-state index contributed by atoms with van der Waals surface area (Å²) in [5.74, 6) is 0. The van der Waals surface area contributed by atoms with Crippen molar-refractivity contribution in [1.82, 2.24) is 0 Å². The molecule has 0 unspecified atom stereocenters. The van der Waals surface area contributed by atoms with Crippen LogP contribution < -0.4 is 0 Å². The third-order valence-electron chi connectivity index (χ3n) is 3.47. The van der Waals surface area contributed by atoms with Crippen LogP contribution in [-0.2, 0) is 6.42 Å². The first-order valence-electron chi connectivity index (χ1n) is 6.27. The normalized spacial score (nSPS) is 11.0. The van der Waals surface area contributed by atoms with Crippen molar-refractivity contribution in [2.24, 2.45) is 0 Å². The Kier molecular flexibility index (Phi) is 2.92. The predicted octanol–water partition coefficient (Wildman–Crippen LogP) is 5.11. The summed E-state index contributed by atoms with van der Waals surface area (Å²) in [6.45, 7) is 4.45. The summed E-state index contributed by atoms with van der Waals surface area (Å²) in [7, 11) is 0. The molecule has 0 radical (unpaired) electrons. The van der Waals surface area contributed by atoms with Crippen LogP contribution in [0, 0.1) is 13.8 Å². The van der Waals surface area contributed by atoms with Gasteiger partial charge in [0.05, 0.1) is 0 Å². The quantitative estimate of drug-likeness (QED) is 0.594. The summed E-state index contributed by atoms with van der Waals surface area (Å²) in [4.78, 5) is 1.49. The topological polar surface area (TPSA) is 0 Å². The molecule has 2 aromatic carbocycles. The lowest BCUT2D eigenvalue weighted by Gasteiger charge is -1.99. The third-order valence-corrected chi connectivity index (χ3v) is 4.91. The van der Waals surface area contributed by atoms with Crippen molar-refractivity contribution in [3.8, 4) is 0 Å². The van der Waals surface area contributed by atoms with Crippen molar-refractivity contribution in [2.45, 2.75) is 20.3 Å². The maximum Gasteiger partial charge on any atom is 0.0377 e. The maximum atomic E-state index is 2.25. The van der Waals surface area contributed by atoms with Crippen molar-refractivity contribution < 1.29 is 0 Å². The molecule has 1 heterocycles. The summed E-state index contributed by atoms with van der Waals surface area (Å²) < 4.78 is 1.45. The van der Waals surface area contributed by atoms with Crippen LogP contribution in [0.1, 0.15) is 21.6 Å². The van der Waals surface area contributed by atoms with Gasteiger partial charge < -0.3 is 0 Å². The third kappa shape index (κ3) is 1.95. The fraction of sp³-hybridized carbons (Fsp3) is 0.176. The molecule has 0 aliphatic rings. The zero-order valence-electron chi connectivity index (χ0n) is 10.7. The SMILES string of the molecule is Cc1c(Cc2ccccc2)sc2c(C)cccc12. The van der Waals surface area contributed by atoms with E-state index in [4.69, 9.17) is 0 Å². The van der Waals surface area contributed by atoms with Crippen molar-refractivity contribution in [3.05, 3.63) is 70.1 Å². The summed E-state index contributed by atoms with van der Waals surface area (Å²) >= 11 is 1.95. The van der Waals surface area contributed by atoms with Crippen LogP contribution in [0.5, 0.6) is 0 Å². The molecule has 3 aromatic rings. The highest BCUT2D eigenvalue weighted by molar-refractivity contribution is 7.19. The molecule has 0 N–H and O–H groups in total. The predicted molar refractivity (Wildman–Crippen MR) is 80.5 cm³/mol. The molecule has 0 bridgehead atoms. The summed E-state index contributed by atoms with van der Waals surface area (Å²) in [5, 5.41) is 1.42. The molecule has 0 saturated carbocycles. The lowest BCUT2D eigenvalue weighted by Crippen LogP contribution is -1.85. The molecule has 0 amide bonds. The van der Waals surface area contributed by atoms with E-state index >= 15 is 0 Å². The van der Waals surface area contributed by atoms with Crippen LogP contribution in [0.4, 0.5) is 0 Å². The standard InChI is InChI=1S/C17H16S/c1-12-7-6-10-15-13(2)16(18-17(12)15)11-14-8-4-3-5-9-14/h3-10H,11H2,1-2H3. The van der Waals surface area contributed by atoms with Gasteiger partial charge in [0, 0.05) is 16.0 Å². The second-order valence-electron chi connectivity index (χ2n) is 4.76. The summed E-state index contributed by atoms with van der Waals surface area (Å²) in [6.07, 6.45) is 1.05. The molecule has 0 saturated heterocycles. The Balaban J connectivity index is 2.08. The Morgan fingerprint density at radius 1 is 0.889 bits per heavy atom. The Hall–Kier alpha value is -1.60. The minimum atomic E-state index is 1.05. The van der Waals surface area contributed by atoms with E-state index in [-0.39, 0.29) is 0 Å². The molecule has 90 valence electrons. The van der Waals surface area contributed by atoms with E-state index in [1.54, 1.807) is 0 Å². The molecule has 3 rings (SSSR count). The Bertz CT molecular complexity index is 677. The van der Waals surface area contributed by atoms with E-state index in [9.17, 15) is 0 Å². The first-order chi connectivity index (χ1) is 8.75. The molecule has 0 nitrogen and oxygen atoms in total. The number of hydrogen-bond donors (Lipinski definition) is 0. The zero-order chi connectivity index (χ0) is 12.5. The highest BCUT2D eigenvalue weighted by Crippen LogP contribution is 2.34. The monoisotopic (exact) mass is 252 g/mol. The van der Waals surface area contributed by atoms with Gasteiger partial charge >= 0.3 is 0 Å². The molecule has 0 aliphatic carbocycles. The average molecular weight is 252 g/mol. The van der Waals surface area contributed by atoms with Crippen LogP contribution in [0.25, 0.3) is 10.1 Å². The van der Waals surface area contributed by atoms with Crippen molar-refractivity contribution in [3.63, 3.8) is 0 Å². The second kappa shape index (κ2) is 4.58. The number of thiophene rings is 1. The summed E-state index contributed by atoms with van der Waals surface area (Å²) in [6, 6.07) is 17.3. The Labute approximate surface area is 112 Å². The molecule has 1 heteroatoms. The van der Waals surface area contributed by atoms with Gasteiger partial charge in [0.25, 0.3) is 0 Å². The second-order valence-corrected chi connectivity index (χ2v) is 5.87. The average Bonchev–Trinajstić information content (AvgIpc) is 2.70. The molecular formula is C17H16S. The molecule has 0 aliphatic heterocycles. The smallest absolute Gasteiger partial charge is 0.0377 e.